The number of hydrogen-bond acceptors (Lipinski definition) is 8. The Morgan fingerprint density at radius 1 is 0.917 bits per heavy atom. The Morgan fingerprint density at radius 3 is 2.33 bits per heavy atom. The Morgan fingerprint density at radius 2 is 1.64 bits per heavy atom. The van der Waals surface area contributed by atoms with Crippen LogP contribution >= 0.6 is 0 Å². The zero-order valence-electron chi connectivity index (χ0n) is 21.0. The number of aryl methyl sites for hydroxylation is 1. The summed E-state index contributed by atoms with van der Waals surface area (Å²) >= 11 is 0. The highest BCUT2D eigenvalue weighted by molar-refractivity contribution is 5.92. The van der Waals surface area contributed by atoms with Gasteiger partial charge in [0, 0.05) is 61.3 Å². The summed E-state index contributed by atoms with van der Waals surface area (Å²) < 4.78 is 0. The maximum absolute atomic E-state index is 12.6. The van der Waals surface area contributed by atoms with Gasteiger partial charge in [-0.1, -0.05) is 19.3 Å². The average molecular weight is 490 g/mol. The molecule has 4 N–H and O–H groups in total. The number of carbonyl (C=O) groups excluding carboxylic acids is 1. The Hall–Kier alpha value is -3.66. The fourth-order valence-electron chi connectivity index (χ4n) is 4.74. The van der Waals surface area contributed by atoms with Gasteiger partial charge in [-0.3, -0.25) is 9.89 Å². The molecule has 3 heterocycles. The Labute approximate surface area is 211 Å². The third kappa shape index (κ3) is 6.12. The largest absolute Gasteiger partial charge is 0.354 e. The summed E-state index contributed by atoms with van der Waals surface area (Å²) in [6.07, 6.45) is 5.50. The number of rotatable bonds is 7. The number of amides is 1. The number of benzene rings is 1. The van der Waals surface area contributed by atoms with E-state index in [2.05, 4.69) is 48.0 Å². The van der Waals surface area contributed by atoms with Gasteiger partial charge in [-0.15, -0.1) is 0 Å². The van der Waals surface area contributed by atoms with E-state index in [1.807, 2.05) is 43.3 Å². The monoisotopic (exact) mass is 489 g/mol. The van der Waals surface area contributed by atoms with E-state index in [0.717, 1.165) is 74.7 Å². The van der Waals surface area contributed by atoms with Crippen molar-refractivity contribution in [1.29, 1.82) is 0 Å². The maximum atomic E-state index is 12.6. The lowest BCUT2D eigenvalue weighted by Crippen LogP contribution is -2.44. The quantitative estimate of drug-likeness (QED) is 0.389. The third-order valence-electron chi connectivity index (χ3n) is 6.89. The molecule has 0 spiro atoms. The number of aromatic amines is 1. The van der Waals surface area contributed by atoms with Crippen LogP contribution in [0.25, 0.3) is 0 Å². The molecule has 190 valence electrons. The molecule has 10 heteroatoms. The maximum Gasteiger partial charge on any atom is 0.231 e. The van der Waals surface area contributed by atoms with Gasteiger partial charge < -0.3 is 25.8 Å². The zero-order chi connectivity index (χ0) is 24.9. The second-order valence-electron chi connectivity index (χ2n) is 9.81. The number of aromatic nitrogens is 4. The lowest BCUT2D eigenvalue weighted by atomic mass is 9.88. The van der Waals surface area contributed by atoms with E-state index in [-0.39, 0.29) is 11.8 Å². The van der Waals surface area contributed by atoms with Crippen molar-refractivity contribution < 1.29 is 4.79 Å². The molecule has 1 aliphatic heterocycles. The summed E-state index contributed by atoms with van der Waals surface area (Å²) in [4.78, 5) is 26.6. The molecule has 1 saturated heterocycles. The van der Waals surface area contributed by atoms with Gasteiger partial charge in [-0.2, -0.15) is 15.1 Å². The van der Waals surface area contributed by atoms with Crippen LogP contribution in [-0.4, -0.2) is 64.2 Å². The summed E-state index contributed by atoms with van der Waals surface area (Å²) in [5.74, 6) is 3.00. The predicted octanol–water partition coefficient (Wildman–Crippen LogP) is 4.27. The summed E-state index contributed by atoms with van der Waals surface area (Å²) in [5, 5.41) is 16.9. The van der Waals surface area contributed by atoms with Gasteiger partial charge in [0.1, 0.15) is 11.6 Å². The molecule has 1 saturated carbocycles. The van der Waals surface area contributed by atoms with Crippen molar-refractivity contribution in [2.75, 3.05) is 54.1 Å². The summed E-state index contributed by atoms with van der Waals surface area (Å²) in [5.41, 5.74) is 2.63. The van der Waals surface area contributed by atoms with E-state index in [9.17, 15) is 4.79 Å². The molecular weight excluding hydrogens is 454 g/mol. The topological polar surface area (TPSA) is 114 Å². The predicted molar refractivity (Wildman–Crippen MR) is 143 cm³/mol. The number of likely N-dealkylation sites (N-methyl/N-ethyl adjacent to an activating group) is 1. The molecule has 1 aromatic carbocycles. The normalized spacial score (nSPS) is 17.1. The minimum Gasteiger partial charge on any atom is -0.354 e. The van der Waals surface area contributed by atoms with Crippen LogP contribution < -0.4 is 20.9 Å². The first-order valence-electron chi connectivity index (χ1n) is 12.8. The van der Waals surface area contributed by atoms with Crippen LogP contribution in [0, 0.1) is 12.8 Å². The number of carbonyl (C=O) groups is 1. The summed E-state index contributed by atoms with van der Waals surface area (Å²) in [6, 6.07) is 11.6. The van der Waals surface area contributed by atoms with Gasteiger partial charge in [-0.05, 0) is 51.1 Å². The number of nitrogens with zero attached hydrogens (tertiary/aromatic N) is 5. The van der Waals surface area contributed by atoms with E-state index in [1.165, 1.54) is 6.42 Å². The molecule has 1 aliphatic carbocycles. The lowest BCUT2D eigenvalue weighted by Gasteiger charge is -2.33. The highest BCUT2D eigenvalue weighted by Gasteiger charge is 2.21. The number of anilines is 6. The summed E-state index contributed by atoms with van der Waals surface area (Å²) in [7, 11) is 2.14. The molecule has 0 atom stereocenters. The van der Waals surface area contributed by atoms with Gasteiger partial charge in [0.15, 0.2) is 5.82 Å². The van der Waals surface area contributed by atoms with Crippen LogP contribution in [0.1, 0.15) is 37.8 Å². The number of hydrogen-bond donors (Lipinski definition) is 4. The molecule has 2 aliphatic rings. The van der Waals surface area contributed by atoms with Crippen molar-refractivity contribution in [2.45, 2.75) is 39.0 Å². The van der Waals surface area contributed by atoms with Crippen molar-refractivity contribution in [3.63, 3.8) is 0 Å². The minimum absolute atomic E-state index is 0.128. The van der Waals surface area contributed by atoms with E-state index >= 15 is 0 Å². The highest BCUT2D eigenvalue weighted by atomic mass is 16.1. The standard InChI is InChI=1S/C26H35N9O/c1-18-16-23(33-32-18)29-22-17-24(35-14-12-34(2)13-15-35)31-26(30-22)28-21-10-8-20(9-11-21)27-25(36)19-6-4-3-5-7-19/h8-11,16-17,19H,3-7,12-15H2,1-2H3,(H,27,36)(H3,28,29,30,31,32,33). The number of nitrogens with one attached hydrogen (secondary N) is 4. The van der Waals surface area contributed by atoms with E-state index in [4.69, 9.17) is 4.98 Å². The molecule has 10 nitrogen and oxygen atoms in total. The smallest absolute Gasteiger partial charge is 0.231 e. The van der Waals surface area contributed by atoms with Crippen molar-refractivity contribution in [3.05, 3.63) is 42.1 Å². The Balaban J connectivity index is 1.30. The van der Waals surface area contributed by atoms with Gasteiger partial charge in [0.25, 0.3) is 0 Å². The fraction of sp³-hybridized carbons (Fsp3) is 0.462. The fourth-order valence-corrected chi connectivity index (χ4v) is 4.74. The van der Waals surface area contributed by atoms with E-state index < -0.39 is 0 Å². The molecule has 1 amide bonds. The van der Waals surface area contributed by atoms with Gasteiger partial charge in [0.05, 0.1) is 0 Å². The molecule has 0 unspecified atom stereocenters. The van der Waals surface area contributed by atoms with Crippen LogP contribution in [0.4, 0.5) is 34.8 Å². The van der Waals surface area contributed by atoms with Crippen LogP contribution in [0.3, 0.4) is 0 Å². The number of H-pyrrole nitrogens is 1. The Bertz CT molecular complexity index is 1160. The second-order valence-corrected chi connectivity index (χ2v) is 9.81. The average Bonchev–Trinajstić information content (AvgIpc) is 3.30. The molecule has 0 radical (unpaired) electrons. The van der Waals surface area contributed by atoms with Crippen molar-refractivity contribution in [3.8, 4) is 0 Å². The van der Waals surface area contributed by atoms with E-state index in [0.29, 0.717) is 17.6 Å². The van der Waals surface area contributed by atoms with Gasteiger partial charge in [0.2, 0.25) is 11.9 Å². The van der Waals surface area contributed by atoms with Crippen molar-refractivity contribution in [1.82, 2.24) is 25.1 Å². The molecule has 2 aromatic heterocycles. The van der Waals surface area contributed by atoms with Crippen LogP contribution in [0.15, 0.2) is 36.4 Å². The lowest BCUT2D eigenvalue weighted by molar-refractivity contribution is -0.120. The Kier molecular flexibility index (Phi) is 7.31. The van der Waals surface area contributed by atoms with Crippen LogP contribution in [0.5, 0.6) is 0 Å². The second kappa shape index (κ2) is 10.9. The van der Waals surface area contributed by atoms with Gasteiger partial charge >= 0.3 is 0 Å². The van der Waals surface area contributed by atoms with Crippen molar-refractivity contribution in [2.24, 2.45) is 5.92 Å². The molecular formula is C26H35N9O. The number of piperazine rings is 1. The molecule has 5 rings (SSSR count). The first kappa shape index (κ1) is 24.1. The highest BCUT2D eigenvalue weighted by Crippen LogP contribution is 2.27. The van der Waals surface area contributed by atoms with E-state index in [1.54, 1.807) is 0 Å². The third-order valence-corrected chi connectivity index (χ3v) is 6.89. The zero-order valence-corrected chi connectivity index (χ0v) is 21.0. The molecule has 2 fully saturated rings. The molecule has 3 aromatic rings. The molecule has 0 bridgehead atoms. The summed E-state index contributed by atoms with van der Waals surface area (Å²) in [6.45, 7) is 5.75. The first-order chi connectivity index (χ1) is 17.5. The van der Waals surface area contributed by atoms with Crippen LogP contribution in [-0.2, 0) is 4.79 Å². The SMILES string of the molecule is Cc1cc(Nc2cc(N3CCN(C)CC3)nc(Nc3ccc(NC(=O)C4CCCCC4)cc3)n2)n[nH]1. The molecule has 36 heavy (non-hydrogen) atoms. The first-order valence-corrected chi connectivity index (χ1v) is 12.8. The van der Waals surface area contributed by atoms with Gasteiger partial charge in [-0.25, -0.2) is 0 Å². The minimum atomic E-state index is 0.128. The van der Waals surface area contributed by atoms with Crippen LogP contribution in [0.2, 0.25) is 0 Å². The van der Waals surface area contributed by atoms with Crippen molar-refractivity contribution >= 4 is 40.7 Å².